The second-order valence-corrected chi connectivity index (χ2v) is 9.17. The number of nitrogens with zero attached hydrogens (tertiary/aromatic N) is 5. The van der Waals surface area contributed by atoms with Crippen LogP contribution in [0.5, 0.6) is 5.75 Å². The minimum Gasteiger partial charge on any atom is -0.485 e. The van der Waals surface area contributed by atoms with E-state index in [0.717, 1.165) is 10.8 Å². The maximum absolute atomic E-state index is 13.9. The van der Waals surface area contributed by atoms with Gasteiger partial charge in [-0.1, -0.05) is 11.6 Å². The predicted octanol–water partition coefficient (Wildman–Crippen LogP) is 3.53. The summed E-state index contributed by atoms with van der Waals surface area (Å²) in [7, 11) is 0. The van der Waals surface area contributed by atoms with Crippen LogP contribution in [0.2, 0.25) is 5.02 Å². The molecule has 0 aliphatic carbocycles. The van der Waals surface area contributed by atoms with Crippen molar-refractivity contribution in [2.24, 2.45) is 0 Å². The number of aliphatic hydroxyl groups is 1. The lowest BCUT2D eigenvalue weighted by Gasteiger charge is -2.18. The van der Waals surface area contributed by atoms with Crippen molar-refractivity contribution in [3.63, 3.8) is 0 Å². The van der Waals surface area contributed by atoms with Gasteiger partial charge in [-0.3, -0.25) is 23.7 Å². The second-order valence-electron chi connectivity index (χ2n) is 8.80. The zero-order valence-corrected chi connectivity index (χ0v) is 21.0. The molecule has 0 radical (unpaired) electrons. The molecule has 0 fully saturated rings. The Morgan fingerprint density at radius 2 is 1.84 bits per heavy atom. The molecule has 192 valence electrons. The van der Waals surface area contributed by atoms with Gasteiger partial charge in [0.05, 0.1) is 6.20 Å². The van der Waals surface area contributed by atoms with Gasteiger partial charge in [0.25, 0.3) is 11.1 Å². The molecule has 0 aliphatic heterocycles. The lowest BCUT2D eigenvalue weighted by Crippen LogP contribution is -2.32. The van der Waals surface area contributed by atoms with Crippen molar-refractivity contribution in [2.75, 3.05) is 0 Å². The summed E-state index contributed by atoms with van der Waals surface area (Å²) in [6, 6.07) is 5.23. The molecule has 0 aliphatic rings. The van der Waals surface area contributed by atoms with Gasteiger partial charge in [-0.05, 0) is 45.4 Å². The SMILES string of the molecule is Cc1ccn(-c2ccnc(C(C)(C)O)n2)c(=O)c1-n1c(C)cc(OCc2ncc(F)cc2F)c(Cl)c1=O. The number of rotatable bonds is 6. The van der Waals surface area contributed by atoms with Crippen LogP contribution in [-0.4, -0.2) is 29.2 Å². The van der Waals surface area contributed by atoms with E-state index in [9.17, 15) is 23.5 Å². The Balaban J connectivity index is 1.78. The standard InChI is InChI=1S/C25H22ClF2N5O4/c1-13-6-8-32(19-5-7-29-24(31-19)25(3,4)36)23(35)21(13)33-14(2)9-18(20(26)22(33)34)37-12-17-16(28)10-15(27)11-30-17/h5-11,36H,12H2,1-4H3. The van der Waals surface area contributed by atoms with Crippen LogP contribution in [0, 0.1) is 25.5 Å². The molecule has 0 saturated heterocycles. The van der Waals surface area contributed by atoms with E-state index in [1.807, 2.05) is 0 Å². The summed E-state index contributed by atoms with van der Waals surface area (Å²) in [6.07, 6.45) is 3.76. The molecule has 37 heavy (non-hydrogen) atoms. The average molecular weight is 530 g/mol. The van der Waals surface area contributed by atoms with Crippen LogP contribution in [-0.2, 0) is 12.2 Å². The van der Waals surface area contributed by atoms with Gasteiger partial charge in [-0.2, -0.15) is 0 Å². The second kappa shape index (κ2) is 9.83. The molecule has 4 aromatic heterocycles. The molecule has 4 rings (SSSR count). The minimum atomic E-state index is -1.34. The van der Waals surface area contributed by atoms with E-state index in [2.05, 4.69) is 15.0 Å². The molecule has 4 aromatic rings. The summed E-state index contributed by atoms with van der Waals surface area (Å²) in [5.74, 6) is -1.47. The highest BCUT2D eigenvalue weighted by molar-refractivity contribution is 6.31. The van der Waals surface area contributed by atoms with Crippen LogP contribution >= 0.6 is 11.6 Å². The molecule has 0 spiro atoms. The molecule has 1 N–H and O–H groups in total. The normalized spacial score (nSPS) is 11.6. The molecule has 4 heterocycles. The van der Waals surface area contributed by atoms with Gasteiger partial charge >= 0.3 is 0 Å². The smallest absolute Gasteiger partial charge is 0.280 e. The third kappa shape index (κ3) is 5.13. The number of ether oxygens (including phenoxy) is 1. The molecular formula is C25H22ClF2N5O4. The highest BCUT2D eigenvalue weighted by atomic mass is 35.5. The number of pyridine rings is 3. The van der Waals surface area contributed by atoms with Gasteiger partial charge in [0.2, 0.25) is 0 Å². The highest BCUT2D eigenvalue weighted by Crippen LogP contribution is 2.25. The highest BCUT2D eigenvalue weighted by Gasteiger charge is 2.22. The van der Waals surface area contributed by atoms with Crippen LogP contribution < -0.4 is 15.9 Å². The molecule has 12 heteroatoms. The van der Waals surface area contributed by atoms with Crippen molar-refractivity contribution in [1.82, 2.24) is 24.1 Å². The minimum absolute atomic E-state index is 0.0353. The Kier molecular flexibility index (Phi) is 6.94. The molecular weight excluding hydrogens is 508 g/mol. The van der Waals surface area contributed by atoms with Gasteiger partial charge in [0.15, 0.2) is 11.6 Å². The monoisotopic (exact) mass is 529 g/mol. The van der Waals surface area contributed by atoms with Crippen molar-refractivity contribution in [3.8, 4) is 17.3 Å². The van der Waals surface area contributed by atoms with Crippen molar-refractivity contribution in [3.05, 3.63) is 103 Å². The van der Waals surface area contributed by atoms with E-state index >= 15 is 0 Å². The van der Waals surface area contributed by atoms with Crippen LogP contribution in [0.3, 0.4) is 0 Å². The third-order valence-electron chi connectivity index (χ3n) is 5.48. The van der Waals surface area contributed by atoms with Crippen LogP contribution in [0.25, 0.3) is 11.5 Å². The number of hydrogen-bond donors (Lipinski definition) is 1. The maximum Gasteiger partial charge on any atom is 0.280 e. The third-order valence-corrected chi connectivity index (χ3v) is 5.82. The van der Waals surface area contributed by atoms with Crippen molar-refractivity contribution >= 4 is 11.6 Å². The Morgan fingerprint density at radius 1 is 1.11 bits per heavy atom. The first-order valence-corrected chi connectivity index (χ1v) is 11.4. The van der Waals surface area contributed by atoms with E-state index in [-0.39, 0.29) is 33.8 Å². The number of halogens is 3. The summed E-state index contributed by atoms with van der Waals surface area (Å²) in [5, 5.41) is 9.91. The first kappa shape index (κ1) is 26.1. The summed E-state index contributed by atoms with van der Waals surface area (Å²) in [6.45, 7) is 5.88. The summed E-state index contributed by atoms with van der Waals surface area (Å²) in [4.78, 5) is 38.8. The molecule has 9 nitrogen and oxygen atoms in total. The van der Waals surface area contributed by atoms with Crippen molar-refractivity contribution < 1.29 is 18.6 Å². The lowest BCUT2D eigenvalue weighted by molar-refractivity contribution is 0.0686. The summed E-state index contributed by atoms with van der Waals surface area (Å²) < 4.78 is 34.9. The summed E-state index contributed by atoms with van der Waals surface area (Å²) >= 11 is 6.29. The first-order chi connectivity index (χ1) is 17.4. The summed E-state index contributed by atoms with van der Waals surface area (Å²) in [5.41, 5.74) is -1.96. The number of aryl methyl sites for hydroxylation is 2. The van der Waals surface area contributed by atoms with Crippen LogP contribution in [0.15, 0.2) is 52.4 Å². The topological polar surface area (TPSA) is 112 Å². The zero-order valence-electron chi connectivity index (χ0n) is 20.3. The van der Waals surface area contributed by atoms with Gasteiger partial charge in [0.1, 0.15) is 46.0 Å². The maximum atomic E-state index is 13.9. The van der Waals surface area contributed by atoms with Crippen molar-refractivity contribution in [1.29, 1.82) is 0 Å². The number of aromatic nitrogens is 5. The fraction of sp³-hybridized carbons (Fsp3) is 0.240. The molecule has 0 unspecified atom stereocenters. The molecule has 0 aromatic carbocycles. The van der Waals surface area contributed by atoms with E-state index in [1.165, 1.54) is 42.9 Å². The Hall–Kier alpha value is -3.96. The predicted molar refractivity (Wildman–Crippen MR) is 131 cm³/mol. The van der Waals surface area contributed by atoms with Gasteiger partial charge in [-0.15, -0.1) is 0 Å². The van der Waals surface area contributed by atoms with Gasteiger partial charge < -0.3 is 9.84 Å². The van der Waals surface area contributed by atoms with Crippen molar-refractivity contribution in [2.45, 2.75) is 39.9 Å². The zero-order chi connectivity index (χ0) is 27.1. The Bertz CT molecular complexity index is 1630. The number of hydrogen-bond acceptors (Lipinski definition) is 7. The largest absolute Gasteiger partial charge is 0.485 e. The fourth-order valence-corrected chi connectivity index (χ4v) is 3.80. The molecule has 0 atom stereocenters. The Labute approximate surface area is 214 Å². The molecule has 0 amide bonds. The fourth-order valence-electron chi connectivity index (χ4n) is 3.61. The first-order valence-electron chi connectivity index (χ1n) is 11.0. The van der Waals surface area contributed by atoms with Crippen LogP contribution in [0.4, 0.5) is 8.78 Å². The quantitative estimate of drug-likeness (QED) is 0.406. The Morgan fingerprint density at radius 3 is 2.51 bits per heavy atom. The molecule has 0 saturated carbocycles. The molecule has 0 bridgehead atoms. The van der Waals surface area contributed by atoms with E-state index in [4.69, 9.17) is 16.3 Å². The van der Waals surface area contributed by atoms with Gasteiger partial charge in [0, 0.05) is 30.2 Å². The average Bonchev–Trinajstić information content (AvgIpc) is 2.83. The van der Waals surface area contributed by atoms with Gasteiger partial charge in [-0.25, -0.2) is 18.7 Å². The lowest BCUT2D eigenvalue weighted by atomic mass is 10.1. The van der Waals surface area contributed by atoms with Crippen LogP contribution in [0.1, 0.15) is 36.6 Å². The van der Waals surface area contributed by atoms with E-state index < -0.39 is 35.0 Å². The van der Waals surface area contributed by atoms with E-state index in [1.54, 1.807) is 19.9 Å². The van der Waals surface area contributed by atoms with E-state index in [0.29, 0.717) is 17.3 Å².